The molecule has 2 saturated heterocycles. The molecule has 3 heterocycles. The smallest absolute Gasteiger partial charge is 0.273 e. The predicted octanol–water partition coefficient (Wildman–Crippen LogP) is 3.00. The summed E-state index contributed by atoms with van der Waals surface area (Å²) in [6, 6.07) is 16.6. The van der Waals surface area contributed by atoms with Gasteiger partial charge in [-0.15, -0.1) is 0 Å². The number of carbonyl (C=O) groups excluding carboxylic acids is 2. The van der Waals surface area contributed by atoms with E-state index in [0.29, 0.717) is 18.7 Å². The number of pyridine rings is 1. The maximum atomic E-state index is 14.1. The normalized spacial score (nSPS) is 21.3. The van der Waals surface area contributed by atoms with Crippen LogP contribution in [0.1, 0.15) is 16.9 Å². The third-order valence-electron chi connectivity index (χ3n) is 5.36. The molecule has 134 valence electrons. The number of nitrogens with zero attached hydrogens (tertiary/aromatic N) is 3. The minimum Gasteiger partial charge on any atom is -0.323 e. The Morgan fingerprint density at radius 3 is 2.63 bits per heavy atom. The molecule has 1 aromatic heterocycles. The van der Waals surface area contributed by atoms with E-state index in [-0.39, 0.29) is 23.5 Å². The number of rotatable bonds is 2. The highest BCUT2D eigenvalue weighted by atomic mass is 19.1. The van der Waals surface area contributed by atoms with Crippen molar-refractivity contribution < 1.29 is 14.0 Å². The first-order valence-corrected chi connectivity index (χ1v) is 8.88. The second-order valence-electron chi connectivity index (χ2n) is 6.91. The summed E-state index contributed by atoms with van der Waals surface area (Å²) in [7, 11) is 0. The predicted molar refractivity (Wildman–Crippen MR) is 98.9 cm³/mol. The third kappa shape index (κ3) is 2.40. The van der Waals surface area contributed by atoms with E-state index in [4.69, 9.17) is 0 Å². The number of hydrogen-bond donors (Lipinski definition) is 0. The van der Waals surface area contributed by atoms with E-state index in [9.17, 15) is 14.0 Å². The standard InChI is InChI=1S/C21H16FN3O2/c22-15-6-2-4-8-18(15)25-14-11-19(21(25)27)24(12-14)20(26)17-10-9-13-5-1-3-7-16(13)23-17/h1-10,14,19H,11-12H2/t14-,19-/m0/s1. The zero-order valence-electron chi connectivity index (χ0n) is 14.4. The van der Waals surface area contributed by atoms with Gasteiger partial charge < -0.3 is 9.80 Å². The monoisotopic (exact) mass is 361 g/mol. The van der Waals surface area contributed by atoms with Crippen LogP contribution in [0.25, 0.3) is 10.9 Å². The van der Waals surface area contributed by atoms with E-state index in [1.807, 2.05) is 30.3 Å². The van der Waals surface area contributed by atoms with Crippen LogP contribution in [0.4, 0.5) is 10.1 Å². The van der Waals surface area contributed by atoms with Crippen molar-refractivity contribution >= 4 is 28.4 Å². The van der Waals surface area contributed by atoms with Crippen LogP contribution in [0.3, 0.4) is 0 Å². The fourth-order valence-corrected chi connectivity index (χ4v) is 4.09. The lowest BCUT2D eigenvalue weighted by Crippen LogP contribution is -2.52. The van der Waals surface area contributed by atoms with Crippen LogP contribution in [0.2, 0.25) is 0 Å². The van der Waals surface area contributed by atoms with Crippen LogP contribution < -0.4 is 4.90 Å². The molecule has 2 amide bonds. The summed E-state index contributed by atoms with van der Waals surface area (Å²) in [6.07, 6.45) is 0.520. The molecule has 2 bridgehead atoms. The Bertz CT molecular complexity index is 1080. The Hall–Kier alpha value is -3.28. The van der Waals surface area contributed by atoms with E-state index in [2.05, 4.69) is 4.98 Å². The number of benzene rings is 2. The molecule has 2 atom stereocenters. The number of likely N-dealkylation sites (tertiary alicyclic amines) is 1. The number of anilines is 1. The number of carbonyl (C=O) groups is 2. The summed E-state index contributed by atoms with van der Waals surface area (Å²) >= 11 is 0. The van der Waals surface area contributed by atoms with E-state index in [1.165, 1.54) is 11.0 Å². The average Bonchev–Trinajstić information content (AvgIpc) is 3.26. The van der Waals surface area contributed by atoms with Crippen LogP contribution in [0.15, 0.2) is 60.7 Å². The molecule has 0 unspecified atom stereocenters. The fraction of sp³-hybridized carbons (Fsp3) is 0.190. The molecule has 6 heteroatoms. The maximum absolute atomic E-state index is 14.1. The topological polar surface area (TPSA) is 53.5 Å². The van der Waals surface area contributed by atoms with E-state index < -0.39 is 11.9 Å². The van der Waals surface area contributed by atoms with Crippen molar-refractivity contribution in [1.82, 2.24) is 9.88 Å². The van der Waals surface area contributed by atoms with Crippen molar-refractivity contribution in [2.45, 2.75) is 18.5 Å². The highest BCUT2D eigenvalue weighted by Gasteiger charge is 2.52. The van der Waals surface area contributed by atoms with Crippen molar-refractivity contribution in [3.63, 3.8) is 0 Å². The quantitative estimate of drug-likeness (QED) is 0.705. The lowest BCUT2D eigenvalue weighted by atomic mass is 10.2. The number of para-hydroxylation sites is 2. The Morgan fingerprint density at radius 2 is 1.81 bits per heavy atom. The molecule has 0 aliphatic carbocycles. The summed E-state index contributed by atoms with van der Waals surface area (Å²) in [4.78, 5) is 33.3. The minimum absolute atomic E-state index is 0.205. The number of fused-ring (bicyclic) bond motifs is 3. The van der Waals surface area contributed by atoms with E-state index >= 15 is 0 Å². The van der Waals surface area contributed by atoms with Crippen molar-refractivity contribution in [2.75, 3.05) is 11.4 Å². The number of aromatic nitrogens is 1. The van der Waals surface area contributed by atoms with Gasteiger partial charge in [0, 0.05) is 11.9 Å². The maximum Gasteiger partial charge on any atom is 0.273 e. The number of piperazine rings is 1. The summed E-state index contributed by atoms with van der Waals surface area (Å²) in [5.41, 5.74) is 1.35. The van der Waals surface area contributed by atoms with Gasteiger partial charge >= 0.3 is 0 Å². The van der Waals surface area contributed by atoms with Crippen molar-refractivity contribution in [2.24, 2.45) is 0 Å². The summed E-state index contributed by atoms with van der Waals surface area (Å²) in [5, 5.41) is 0.957. The first-order valence-electron chi connectivity index (χ1n) is 8.88. The number of halogens is 1. The zero-order valence-corrected chi connectivity index (χ0v) is 14.4. The van der Waals surface area contributed by atoms with Crippen molar-refractivity contribution in [3.05, 3.63) is 72.2 Å². The van der Waals surface area contributed by atoms with E-state index in [1.54, 1.807) is 29.2 Å². The Kier molecular flexibility index (Phi) is 3.47. The lowest BCUT2D eigenvalue weighted by molar-refractivity contribution is -0.121. The van der Waals surface area contributed by atoms with Gasteiger partial charge in [0.05, 0.1) is 17.2 Å². The van der Waals surface area contributed by atoms with Gasteiger partial charge in [0.2, 0.25) is 5.91 Å². The van der Waals surface area contributed by atoms with Crippen LogP contribution >= 0.6 is 0 Å². The van der Waals surface area contributed by atoms with Gasteiger partial charge in [0.1, 0.15) is 17.6 Å². The highest BCUT2D eigenvalue weighted by Crippen LogP contribution is 2.37. The molecule has 2 aliphatic heterocycles. The molecule has 2 aliphatic rings. The number of amides is 2. The average molecular weight is 361 g/mol. The molecule has 0 radical (unpaired) electrons. The second-order valence-corrected chi connectivity index (χ2v) is 6.91. The van der Waals surface area contributed by atoms with Gasteiger partial charge in [-0.3, -0.25) is 9.59 Å². The van der Waals surface area contributed by atoms with Crippen molar-refractivity contribution in [3.8, 4) is 0 Å². The third-order valence-corrected chi connectivity index (χ3v) is 5.36. The Morgan fingerprint density at radius 1 is 1.04 bits per heavy atom. The molecule has 2 aromatic carbocycles. The highest BCUT2D eigenvalue weighted by molar-refractivity contribution is 6.06. The second kappa shape index (κ2) is 5.87. The Labute approximate surface area is 155 Å². The molecule has 0 N–H and O–H groups in total. The molecular formula is C21H16FN3O2. The molecule has 2 fully saturated rings. The summed E-state index contributed by atoms with van der Waals surface area (Å²) in [5.74, 6) is -0.909. The molecule has 0 saturated carbocycles. The first kappa shape index (κ1) is 15.9. The van der Waals surface area contributed by atoms with Crippen LogP contribution in [0.5, 0.6) is 0 Å². The van der Waals surface area contributed by atoms with Gasteiger partial charge in [-0.2, -0.15) is 0 Å². The molecule has 3 aromatic rings. The molecule has 5 nitrogen and oxygen atoms in total. The molecule has 0 spiro atoms. The Balaban J connectivity index is 1.43. The molecule has 5 rings (SSSR count). The SMILES string of the molecule is O=C(c1ccc2ccccc2n1)N1C[C@@H]2C[C@H]1C(=O)N2c1ccccc1F. The lowest BCUT2D eigenvalue weighted by Gasteiger charge is -2.33. The largest absolute Gasteiger partial charge is 0.323 e. The van der Waals surface area contributed by atoms with Gasteiger partial charge in [0.25, 0.3) is 5.91 Å². The van der Waals surface area contributed by atoms with Gasteiger partial charge in [-0.25, -0.2) is 9.37 Å². The van der Waals surface area contributed by atoms with E-state index in [0.717, 1.165) is 10.9 Å². The van der Waals surface area contributed by atoms with Gasteiger partial charge in [0.15, 0.2) is 0 Å². The molecule has 27 heavy (non-hydrogen) atoms. The van der Waals surface area contributed by atoms with Crippen LogP contribution in [-0.2, 0) is 4.79 Å². The number of hydrogen-bond acceptors (Lipinski definition) is 3. The molecular weight excluding hydrogens is 345 g/mol. The fourth-order valence-electron chi connectivity index (χ4n) is 4.09. The van der Waals surface area contributed by atoms with Gasteiger partial charge in [-0.1, -0.05) is 36.4 Å². The first-order chi connectivity index (χ1) is 13.1. The van der Waals surface area contributed by atoms with Gasteiger partial charge in [-0.05, 0) is 30.7 Å². The zero-order chi connectivity index (χ0) is 18.5. The van der Waals surface area contributed by atoms with Crippen molar-refractivity contribution in [1.29, 1.82) is 0 Å². The van der Waals surface area contributed by atoms with Crippen LogP contribution in [0, 0.1) is 5.82 Å². The summed E-state index contributed by atoms with van der Waals surface area (Å²) in [6.45, 7) is 0.387. The minimum atomic E-state index is -0.560. The summed E-state index contributed by atoms with van der Waals surface area (Å²) < 4.78 is 14.1. The van der Waals surface area contributed by atoms with Crippen LogP contribution in [-0.4, -0.2) is 40.3 Å².